The van der Waals surface area contributed by atoms with Gasteiger partial charge in [-0.2, -0.15) is 0 Å². The van der Waals surface area contributed by atoms with Crippen molar-refractivity contribution in [2.75, 3.05) is 33.1 Å². The first-order valence-electron chi connectivity index (χ1n) is 11.4. The minimum absolute atomic E-state index is 0.0909. The lowest BCUT2D eigenvalue weighted by Crippen LogP contribution is -2.46. The summed E-state index contributed by atoms with van der Waals surface area (Å²) in [6.45, 7) is 2.58. The summed E-state index contributed by atoms with van der Waals surface area (Å²) in [7, 11) is -0.230. The monoisotopic (exact) mass is 474 g/mol. The van der Waals surface area contributed by atoms with Crippen molar-refractivity contribution < 1.29 is 22.7 Å². The predicted molar refractivity (Wildman–Crippen MR) is 129 cm³/mol. The fourth-order valence-corrected chi connectivity index (χ4v) is 5.81. The van der Waals surface area contributed by atoms with Crippen LogP contribution in [0, 0.1) is 5.92 Å². The van der Waals surface area contributed by atoms with Gasteiger partial charge in [0.05, 0.1) is 31.9 Å². The van der Waals surface area contributed by atoms with E-state index in [2.05, 4.69) is 5.32 Å². The lowest BCUT2D eigenvalue weighted by Gasteiger charge is -2.32. The number of piperidine rings is 1. The molecule has 0 aliphatic carbocycles. The Morgan fingerprint density at radius 2 is 1.91 bits per heavy atom. The van der Waals surface area contributed by atoms with Crippen LogP contribution < -0.4 is 14.8 Å². The normalized spacial score (nSPS) is 17.8. The first-order chi connectivity index (χ1) is 15.8. The molecule has 1 aliphatic heterocycles. The first kappa shape index (κ1) is 25.1. The van der Waals surface area contributed by atoms with Gasteiger partial charge in [-0.25, -0.2) is 12.7 Å². The summed E-state index contributed by atoms with van der Waals surface area (Å²) in [5, 5.41) is 3.03. The van der Waals surface area contributed by atoms with Crippen LogP contribution in [0.4, 0.5) is 0 Å². The Balaban J connectivity index is 1.58. The highest BCUT2D eigenvalue weighted by Gasteiger charge is 2.32. The van der Waals surface area contributed by atoms with E-state index in [-0.39, 0.29) is 30.2 Å². The van der Waals surface area contributed by atoms with Crippen molar-refractivity contribution in [2.24, 2.45) is 5.92 Å². The lowest BCUT2D eigenvalue weighted by atomic mass is 9.97. The Kier molecular flexibility index (Phi) is 8.74. The number of nitrogens with zero attached hydrogens (tertiary/aromatic N) is 1. The number of sulfonamides is 1. The number of carbonyl (C=O) groups excluding carboxylic acids is 1. The molecule has 3 rings (SSSR count). The SMILES string of the molecule is COc1ccc(OC)c([C@H](C)NC(=O)[C@@H]2CCCN(S(=O)(=O)CCCc3ccccc3)C2)c1. The Morgan fingerprint density at radius 3 is 2.61 bits per heavy atom. The second kappa shape index (κ2) is 11.5. The Hall–Kier alpha value is -2.58. The zero-order valence-electron chi connectivity index (χ0n) is 19.6. The van der Waals surface area contributed by atoms with Gasteiger partial charge in [-0.15, -0.1) is 0 Å². The molecular weight excluding hydrogens is 440 g/mol. The minimum atomic E-state index is -3.40. The van der Waals surface area contributed by atoms with E-state index < -0.39 is 10.0 Å². The summed E-state index contributed by atoms with van der Waals surface area (Å²) in [4.78, 5) is 13.0. The Bertz CT molecular complexity index is 1030. The van der Waals surface area contributed by atoms with Crippen molar-refractivity contribution >= 4 is 15.9 Å². The topological polar surface area (TPSA) is 84.9 Å². The van der Waals surface area contributed by atoms with Crippen LogP contribution in [0.3, 0.4) is 0 Å². The van der Waals surface area contributed by atoms with Gasteiger partial charge in [0.2, 0.25) is 15.9 Å². The molecule has 0 saturated carbocycles. The molecule has 1 amide bonds. The molecule has 1 N–H and O–H groups in total. The van der Waals surface area contributed by atoms with Crippen molar-refractivity contribution in [1.82, 2.24) is 9.62 Å². The average molecular weight is 475 g/mol. The molecule has 180 valence electrons. The second-order valence-corrected chi connectivity index (χ2v) is 10.5. The molecule has 1 saturated heterocycles. The van der Waals surface area contributed by atoms with Gasteiger partial charge in [0.25, 0.3) is 0 Å². The number of nitrogens with one attached hydrogen (secondary N) is 1. The zero-order chi connectivity index (χ0) is 23.8. The number of aryl methyl sites for hydroxylation is 1. The maximum absolute atomic E-state index is 13.0. The number of ether oxygens (including phenoxy) is 2. The van der Waals surface area contributed by atoms with Gasteiger partial charge >= 0.3 is 0 Å². The molecule has 0 radical (unpaired) electrons. The number of carbonyl (C=O) groups is 1. The van der Waals surface area contributed by atoms with Crippen LogP contribution in [0.25, 0.3) is 0 Å². The van der Waals surface area contributed by atoms with E-state index in [0.717, 1.165) is 17.5 Å². The third-order valence-electron chi connectivity index (χ3n) is 6.12. The van der Waals surface area contributed by atoms with E-state index in [1.807, 2.05) is 43.3 Å². The molecule has 0 unspecified atom stereocenters. The summed E-state index contributed by atoms with van der Waals surface area (Å²) in [5.41, 5.74) is 1.94. The highest BCUT2D eigenvalue weighted by atomic mass is 32.2. The zero-order valence-corrected chi connectivity index (χ0v) is 20.4. The molecule has 7 nitrogen and oxygen atoms in total. The molecule has 1 aliphatic rings. The second-order valence-electron chi connectivity index (χ2n) is 8.44. The largest absolute Gasteiger partial charge is 0.497 e. The Morgan fingerprint density at radius 1 is 1.15 bits per heavy atom. The van der Waals surface area contributed by atoms with E-state index >= 15 is 0 Å². The van der Waals surface area contributed by atoms with Crippen molar-refractivity contribution in [1.29, 1.82) is 0 Å². The minimum Gasteiger partial charge on any atom is -0.497 e. The summed E-state index contributed by atoms with van der Waals surface area (Å²) >= 11 is 0. The van der Waals surface area contributed by atoms with Gasteiger partial charge in [-0.05, 0) is 56.4 Å². The molecule has 2 aromatic carbocycles. The summed E-state index contributed by atoms with van der Waals surface area (Å²) in [6, 6.07) is 15.0. The quantitative estimate of drug-likeness (QED) is 0.569. The van der Waals surface area contributed by atoms with Crippen LogP contribution >= 0.6 is 0 Å². The van der Waals surface area contributed by atoms with Gasteiger partial charge < -0.3 is 14.8 Å². The summed E-state index contributed by atoms with van der Waals surface area (Å²) < 4.78 is 38.0. The van der Waals surface area contributed by atoms with E-state index in [0.29, 0.717) is 37.3 Å². The molecule has 1 heterocycles. The van der Waals surface area contributed by atoms with Gasteiger partial charge in [-0.3, -0.25) is 4.79 Å². The first-order valence-corrected chi connectivity index (χ1v) is 13.0. The number of methoxy groups -OCH3 is 2. The van der Waals surface area contributed by atoms with Crippen LogP contribution in [0.1, 0.15) is 43.4 Å². The number of hydrogen-bond acceptors (Lipinski definition) is 5. The summed E-state index contributed by atoms with van der Waals surface area (Å²) in [5.74, 6) is 0.915. The molecular formula is C25H34N2O5S. The number of rotatable bonds is 10. The molecule has 0 aromatic heterocycles. The number of hydrogen-bond donors (Lipinski definition) is 1. The van der Waals surface area contributed by atoms with E-state index in [9.17, 15) is 13.2 Å². The van der Waals surface area contributed by atoms with Gasteiger partial charge in [0, 0.05) is 18.7 Å². The van der Waals surface area contributed by atoms with Crippen LogP contribution in [-0.2, 0) is 21.2 Å². The maximum Gasteiger partial charge on any atom is 0.224 e. The number of amides is 1. The fraction of sp³-hybridized carbons (Fsp3) is 0.480. The molecule has 8 heteroatoms. The van der Waals surface area contributed by atoms with E-state index in [1.165, 1.54) is 4.31 Å². The van der Waals surface area contributed by atoms with Crippen molar-refractivity contribution in [3.8, 4) is 11.5 Å². The average Bonchev–Trinajstić information content (AvgIpc) is 2.84. The van der Waals surface area contributed by atoms with Crippen LogP contribution in [0.15, 0.2) is 48.5 Å². The van der Waals surface area contributed by atoms with Crippen molar-refractivity contribution in [2.45, 2.75) is 38.6 Å². The molecule has 33 heavy (non-hydrogen) atoms. The van der Waals surface area contributed by atoms with Gasteiger partial charge in [0.1, 0.15) is 11.5 Å². The van der Waals surface area contributed by atoms with Crippen molar-refractivity contribution in [3.05, 3.63) is 59.7 Å². The third-order valence-corrected chi connectivity index (χ3v) is 8.04. The molecule has 1 fully saturated rings. The van der Waals surface area contributed by atoms with Gasteiger partial charge in [0.15, 0.2) is 0 Å². The van der Waals surface area contributed by atoms with Gasteiger partial charge in [-0.1, -0.05) is 30.3 Å². The van der Waals surface area contributed by atoms with Crippen LogP contribution in [-0.4, -0.2) is 51.7 Å². The highest BCUT2D eigenvalue weighted by Crippen LogP contribution is 2.30. The molecule has 2 aromatic rings. The van der Waals surface area contributed by atoms with Crippen LogP contribution in [0.5, 0.6) is 11.5 Å². The number of benzene rings is 2. The van der Waals surface area contributed by atoms with E-state index in [1.54, 1.807) is 26.4 Å². The standard InChI is InChI=1S/C25H34N2O5S/c1-19(23-17-22(31-2)13-14-24(23)32-3)26-25(28)21-12-7-15-27(18-21)33(29,30)16-8-11-20-9-5-4-6-10-20/h4-6,9-10,13-14,17,19,21H,7-8,11-12,15-16,18H2,1-3H3,(H,26,28)/t19-,21+/m0/s1. The third kappa shape index (κ3) is 6.71. The summed E-state index contributed by atoms with van der Waals surface area (Å²) in [6.07, 6.45) is 2.63. The molecule has 0 bridgehead atoms. The van der Waals surface area contributed by atoms with Crippen molar-refractivity contribution in [3.63, 3.8) is 0 Å². The lowest BCUT2D eigenvalue weighted by molar-refractivity contribution is -0.126. The maximum atomic E-state index is 13.0. The molecule has 0 spiro atoms. The molecule has 2 atom stereocenters. The Labute approximate surface area is 197 Å². The fourth-order valence-electron chi connectivity index (χ4n) is 4.23. The predicted octanol–water partition coefficient (Wildman–Crippen LogP) is 3.56. The van der Waals surface area contributed by atoms with Crippen LogP contribution in [0.2, 0.25) is 0 Å². The van der Waals surface area contributed by atoms with E-state index in [4.69, 9.17) is 9.47 Å². The smallest absolute Gasteiger partial charge is 0.224 e. The highest BCUT2D eigenvalue weighted by molar-refractivity contribution is 7.89.